The fraction of sp³-hybridized carbons (Fsp3) is 0.0417. The van der Waals surface area contributed by atoms with Gasteiger partial charge in [0.05, 0.1) is 16.9 Å². The van der Waals surface area contributed by atoms with Crippen molar-refractivity contribution in [2.24, 2.45) is 0 Å². The number of hydrogen-bond acceptors (Lipinski definition) is 4. The Hall–Kier alpha value is -3.93. The van der Waals surface area contributed by atoms with Crippen LogP contribution in [0.3, 0.4) is 0 Å². The molecule has 1 aromatic heterocycles. The molecule has 4 rings (SSSR count). The van der Waals surface area contributed by atoms with E-state index in [1.54, 1.807) is 36.4 Å². The second-order valence-corrected chi connectivity index (χ2v) is 6.90. The van der Waals surface area contributed by atoms with Crippen LogP contribution in [0.1, 0.15) is 26.3 Å². The lowest BCUT2D eigenvalue weighted by atomic mass is 9.93. The van der Waals surface area contributed by atoms with Gasteiger partial charge in [0.25, 0.3) is 5.91 Å². The van der Waals surface area contributed by atoms with Crippen LogP contribution >= 0.6 is 0 Å². The predicted octanol–water partition coefficient (Wildman–Crippen LogP) is 4.85. The highest BCUT2D eigenvalue weighted by Gasteiger charge is 2.12. The molecule has 2 radical (unpaired) electrons. The molecular weight excluding hydrogens is 373 g/mol. The van der Waals surface area contributed by atoms with E-state index in [1.807, 2.05) is 49.5 Å². The van der Waals surface area contributed by atoms with Crippen molar-refractivity contribution in [2.75, 3.05) is 10.6 Å². The van der Waals surface area contributed by atoms with E-state index in [9.17, 15) is 9.59 Å². The number of para-hydroxylation sites is 2. The Labute approximate surface area is 175 Å². The summed E-state index contributed by atoms with van der Waals surface area (Å²) < 4.78 is 0. The SMILES string of the molecule is [B]C(=O)c1ccccc1NC(=O)c1ccc(Nc2c(C)cnc3ccccc23)cc1. The lowest BCUT2D eigenvalue weighted by molar-refractivity contribution is 0.102. The molecule has 1 amide bonds. The minimum Gasteiger partial charge on any atom is -0.355 e. The number of benzene rings is 3. The summed E-state index contributed by atoms with van der Waals surface area (Å²) in [6.45, 7) is 2.00. The van der Waals surface area contributed by atoms with Gasteiger partial charge in [0.1, 0.15) is 5.68 Å². The van der Waals surface area contributed by atoms with Crippen molar-refractivity contribution in [3.8, 4) is 0 Å². The normalized spacial score (nSPS) is 10.6. The van der Waals surface area contributed by atoms with E-state index >= 15 is 0 Å². The summed E-state index contributed by atoms with van der Waals surface area (Å²) >= 11 is 0. The van der Waals surface area contributed by atoms with Gasteiger partial charge in [-0.1, -0.05) is 36.4 Å². The van der Waals surface area contributed by atoms with E-state index in [0.717, 1.165) is 27.8 Å². The van der Waals surface area contributed by atoms with E-state index in [0.29, 0.717) is 11.3 Å². The fourth-order valence-corrected chi connectivity index (χ4v) is 3.26. The quantitative estimate of drug-likeness (QED) is 0.477. The average molecular weight is 391 g/mol. The van der Waals surface area contributed by atoms with Crippen molar-refractivity contribution in [3.63, 3.8) is 0 Å². The smallest absolute Gasteiger partial charge is 0.255 e. The summed E-state index contributed by atoms with van der Waals surface area (Å²) in [5.41, 5.74) is 4.30. The molecule has 0 unspecified atom stereocenters. The summed E-state index contributed by atoms with van der Waals surface area (Å²) in [7, 11) is 5.37. The number of aryl methyl sites for hydroxylation is 1. The molecule has 4 aromatic rings. The van der Waals surface area contributed by atoms with Crippen LogP contribution in [0.4, 0.5) is 17.1 Å². The topological polar surface area (TPSA) is 71.1 Å². The number of carbonyl (C=O) groups is 2. The molecule has 0 fully saturated rings. The van der Waals surface area contributed by atoms with Crippen molar-refractivity contribution in [1.82, 2.24) is 4.98 Å². The van der Waals surface area contributed by atoms with E-state index in [-0.39, 0.29) is 11.5 Å². The average Bonchev–Trinajstić information content (AvgIpc) is 2.76. The molecule has 2 N–H and O–H groups in total. The zero-order valence-corrected chi connectivity index (χ0v) is 16.3. The van der Waals surface area contributed by atoms with Gasteiger partial charge in [0.15, 0.2) is 7.85 Å². The molecule has 0 atom stereocenters. The summed E-state index contributed by atoms with van der Waals surface area (Å²) in [5.74, 6) is -0.319. The third-order valence-electron chi connectivity index (χ3n) is 4.82. The van der Waals surface area contributed by atoms with Crippen molar-refractivity contribution in [1.29, 1.82) is 0 Å². The maximum absolute atomic E-state index is 12.6. The highest BCUT2D eigenvalue weighted by Crippen LogP contribution is 2.28. The molecule has 0 saturated heterocycles. The molecule has 3 aromatic carbocycles. The molecule has 0 aliphatic heterocycles. The van der Waals surface area contributed by atoms with Gasteiger partial charge < -0.3 is 15.4 Å². The van der Waals surface area contributed by atoms with Crippen LogP contribution in [0.15, 0.2) is 79.0 Å². The number of nitrogens with zero attached hydrogens (tertiary/aromatic N) is 1. The number of aromatic nitrogens is 1. The van der Waals surface area contributed by atoms with Gasteiger partial charge in [-0.25, -0.2) is 0 Å². The third kappa shape index (κ3) is 3.94. The zero-order valence-electron chi connectivity index (χ0n) is 16.3. The molecule has 0 spiro atoms. The van der Waals surface area contributed by atoms with Gasteiger partial charge in [0, 0.05) is 28.4 Å². The monoisotopic (exact) mass is 391 g/mol. The van der Waals surface area contributed by atoms with Gasteiger partial charge in [-0.3, -0.25) is 9.78 Å². The first-order valence-electron chi connectivity index (χ1n) is 9.44. The highest BCUT2D eigenvalue weighted by atomic mass is 16.1. The second-order valence-electron chi connectivity index (χ2n) is 6.90. The lowest BCUT2D eigenvalue weighted by Gasteiger charge is -2.13. The van der Waals surface area contributed by atoms with Crippen molar-refractivity contribution in [2.45, 2.75) is 6.92 Å². The molecule has 0 saturated carbocycles. The van der Waals surface area contributed by atoms with E-state index in [4.69, 9.17) is 7.85 Å². The lowest BCUT2D eigenvalue weighted by Crippen LogP contribution is -2.14. The van der Waals surface area contributed by atoms with Crippen LogP contribution < -0.4 is 10.6 Å². The van der Waals surface area contributed by atoms with Crippen LogP contribution in [0.25, 0.3) is 10.9 Å². The van der Waals surface area contributed by atoms with Crippen molar-refractivity contribution >= 4 is 47.4 Å². The molecule has 6 heteroatoms. The summed E-state index contributed by atoms with van der Waals surface area (Å²) in [6.07, 6.45) is 1.84. The molecule has 0 aliphatic rings. The standard InChI is InChI=1S/C24H18BN3O2/c1-15-14-26-20-8-4-2-6-18(20)22(15)27-17-12-10-16(11-13-17)24(30)28-21-9-5-3-7-19(21)23(25)29/h2-14H,1H3,(H,26,27)(H,28,30). The van der Waals surface area contributed by atoms with Gasteiger partial charge in [-0.2, -0.15) is 0 Å². The Morgan fingerprint density at radius 2 is 1.60 bits per heavy atom. The second kappa shape index (κ2) is 8.21. The van der Waals surface area contributed by atoms with Crippen LogP contribution in [0.5, 0.6) is 0 Å². The number of fused-ring (bicyclic) bond motifs is 1. The fourth-order valence-electron chi connectivity index (χ4n) is 3.26. The van der Waals surface area contributed by atoms with Gasteiger partial charge >= 0.3 is 0 Å². The minimum atomic E-state index is -0.592. The number of anilines is 3. The molecule has 0 aliphatic carbocycles. The highest BCUT2D eigenvalue weighted by molar-refractivity contribution is 6.63. The third-order valence-corrected chi connectivity index (χ3v) is 4.82. The number of carbonyl (C=O) groups excluding carboxylic acids is 2. The Balaban J connectivity index is 1.55. The predicted molar refractivity (Wildman–Crippen MR) is 121 cm³/mol. The van der Waals surface area contributed by atoms with Gasteiger partial charge in [-0.15, -0.1) is 0 Å². The van der Waals surface area contributed by atoms with Crippen molar-refractivity contribution in [3.05, 3.63) is 95.7 Å². The Kier molecular flexibility index (Phi) is 5.31. The summed E-state index contributed by atoms with van der Waals surface area (Å²) in [5, 5.41) is 7.19. The van der Waals surface area contributed by atoms with E-state index < -0.39 is 5.68 Å². The van der Waals surface area contributed by atoms with Gasteiger partial charge in [0.2, 0.25) is 0 Å². The van der Waals surface area contributed by atoms with E-state index in [2.05, 4.69) is 15.6 Å². The summed E-state index contributed by atoms with van der Waals surface area (Å²) in [4.78, 5) is 28.6. The number of rotatable bonds is 5. The number of nitrogens with one attached hydrogen (secondary N) is 2. The van der Waals surface area contributed by atoms with Gasteiger partial charge in [-0.05, 0) is 48.9 Å². The largest absolute Gasteiger partial charge is 0.355 e. The maximum Gasteiger partial charge on any atom is 0.255 e. The number of pyridine rings is 1. The van der Waals surface area contributed by atoms with Crippen LogP contribution in [-0.4, -0.2) is 24.4 Å². The minimum absolute atomic E-state index is 0.268. The van der Waals surface area contributed by atoms with Crippen molar-refractivity contribution < 1.29 is 9.59 Å². The Morgan fingerprint density at radius 3 is 2.37 bits per heavy atom. The first kappa shape index (κ1) is 19.4. The Morgan fingerprint density at radius 1 is 0.900 bits per heavy atom. The molecule has 1 heterocycles. The number of amides is 1. The first-order valence-corrected chi connectivity index (χ1v) is 9.44. The Bertz CT molecular complexity index is 1250. The van der Waals surface area contributed by atoms with Crippen LogP contribution in [0.2, 0.25) is 0 Å². The molecule has 0 bridgehead atoms. The summed E-state index contributed by atoms with van der Waals surface area (Å²) in [6, 6.07) is 21.7. The van der Waals surface area contributed by atoms with E-state index in [1.165, 1.54) is 0 Å². The molecular formula is C24H18BN3O2. The van der Waals surface area contributed by atoms with Crippen LogP contribution in [-0.2, 0) is 0 Å². The van der Waals surface area contributed by atoms with Crippen LogP contribution in [0, 0.1) is 6.92 Å². The molecule has 5 nitrogen and oxygen atoms in total. The number of hydrogen-bond donors (Lipinski definition) is 2. The maximum atomic E-state index is 12.6. The molecule has 30 heavy (non-hydrogen) atoms. The zero-order chi connectivity index (χ0) is 21.1. The molecule has 144 valence electrons. The first-order chi connectivity index (χ1) is 14.5.